The number of nitrogens with zero attached hydrogens (tertiary/aromatic N) is 3. The van der Waals surface area contributed by atoms with Gasteiger partial charge in [-0.1, -0.05) is 6.92 Å². The summed E-state index contributed by atoms with van der Waals surface area (Å²) in [6.07, 6.45) is 2.53. The lowest BCUT2D eigenvalue weighted by atomic mass is 10.1. The Labute approximate surface area is 94.9 Å². The van der Waals surface area contributed by atoms with E-state index in [1.165, 1.54) is 30.9 Å². The molecule has 5 heteroatoms. The van der Waals surface area contributed by atoms with Crippen LogP contribution in [0.15, 0.2) is 0 Å². The summed E-state index contributed by atoms with van der Waals surface area (Å²) in [6, 6.07) is 0.547. The van der Waals surface area contributed by atoms with Crippen molar-refractivity contribution in [2.24, 2.45) is 0 Å². The average Bonchev–Trinajstić information content (AvgIpc) is 2.64. The van der Waals surface area contributed by atoms with Gasteiger partial charge >= 0.3 is 0 Å². The van der Waals surface area contributed by atoms with Gasteiger partial charge in [-0.15, -0.1) is 0 Å². The number of hydrogen-bond acceptors (Lipinski definition) is 5. The highest BCUT2D eigenvalue weighted by Crippen LogP contribution is 2.17. The molecular weight excluding hydrogens is 208 g/mol. The second-order valence-electron chi connectivity index (χ2n) is 4.02. The van der Waals surface area contributed by atoms with Crippen LogP contribution < -0.4 is 5.32 Å². The first-order valence-corrected chi connectivity index (χ1v) is 6.34. The van der Waals surface area contributed by atoms with Crippen molar-refractivity contribution in [2.45, 2.75) is 32.7 Å². The molecule has 1 unspecified atom stereocenters. The third-order valence-electron chi connectivity index (χ3n) is 2.81. The maximum Gasteiger partial charge on any atom is 0.202 e. The van der Waals surface area contributed by atoms with Crippen LogP contribution in [0.2, 0.25) is 0 Å². The quantitative estimate of drug-likeness (QED) is 0.852. The molecule has 0 spiro atoms. The minimum atomic E-state index is 0.547. The molecule has 2 heterocycles. The molecule has 4 nitrogen and oxygen atoms in total. The van der Waals surface area contributed by atoms with E-state index < -0.39 is 0 Å². The number of hydrogen-bond donors (Lipinski definition) is 1. The summed E-state index contributed by atoms with van der Waals surface area (Å²) in [5, 5.41) is 4.44. The number of piperidine rings is 1. The lowest BCUT2D eigenvalue weighted by Crippen LogP contribution is -2.41. The topological polar surface area (TPSA) is 41.0 Å². The third-order valence-corrected chi connectivity index (χ3v) is 3.55. The fourth-order valence-electron chi connectivity index (χ4n) is 1.99. The van der Waals surface area contributed by atoms with E-state index in [1.54, 1.807) is 0 Å². The molecular formula is C10H18N4S. The molecule has 1 fully saturated rings. The Morgan fingerprint density at radius 3 is 3.13 bits per heavy atom. The summed E-state index contributed by atoms with van der Waals surface area (Å²) in [5.41, 5.74) is 0. The maximum absolute atomic E-state index is 4.33. The molecule has 1 N–H and O–H groups in total. The first kappa shape index (κ1) is 10.8. The average molecular weight is 226 g/mol. The van der Waals surface area contributed by atoms with Crippen LogP contribution in [0.4, 0.5) is 5.13 Å². The zero-order chi connectivity index (χ0) is 10.7. The lowest BCUT2D eigenvalue weighted by Gasteiger charge is -2.31. The van der Waals surface area contributed by atoms with Crippen molar-refractivity contribution in [1.82, 2.24) is 14.3 Å². The van der Waals surface area contributed by atoms with Crippen LogP contribution in [0.25, 0.3) is 0 Å². The van der Waals surface area contributed by atoms with E-state index in [1.807, 2.05) is 6.92 Å². The zero-order valence-corrected chi connectivity index (χ0v) is 10.2. The molecule has 0 amide bonds. The van der Waals surface area contributed by atoms with E-state index >= 15 is 0 Å². The van der Waals surface area contributed by atoms with Gasteiger partial charge in [-0.25, -0.2) is 4.98 Å². The van der Waals surface area contributed by atoms with E-state index in [4.69, 9.17) is 0 Å². The SMILES string of the molecule is CCN1CCCC(Nc2nc(C)ns2)C1. The van der Waals surface area contributed by atoms with Gasteiger partial charge in [-0.3, -0.25) is 0 Å². The molecule has 0 radical (unpaired) electrons. The van der Waals surface area contributed by atoms with Crippen molar-refractivity contribution in [1.29, 1.82) is 0 Å². The molecule has 1 atom stereocenters. The van der Waals surface area contributed by atoms with Gasteiger partial charge in [-0.2, -0.15) is 4.37 Å². The van der Waals surface area contributed by atoms with Crippen molar-refractivity contribution >= 4 is 16.7 Å². The van der Waals surface area contributed by atoms with Gasteiger partial charge in [0.1, 0.15) is 5.82 Å². The number of rotatable bonds is 3. The van der Waals surface area contributed by atoms with Crippen LogP contribution in [0.1, 0.15) is 25.6 Å². The summed E-state index contributed by atoms with van der Waals surface area (Å²) in [7, 11) is 0. The molecule has 0 bridgehead atoms. The van der Waals surface area contributed by atoms with Gasteiger partial charge in [0, 0.05) is 24.1 Å². The van der Waals surface area contributed by atoms with Crippen LogP contribution in [0.5, 0.6) is 0 Å². The fraction of sp³-hybridized carbons (Fsp3) is 0.800. The van der Waals surface area contributed by atoms with Gasteiger partial charge in [0.25, 0.3) is 0 Å². The molecule has 84 valence electrons. The third kappa shape index (κ3) is 2.89. The molecule has 0 aliphatic carbocycles. The summed E-state index contributed by atoms with van der Waals surface area (Å²) >= 11 is 1.46. The Bertz CT molecular complexity index is 312. The van der Waals surface area contributed by atoms with E-state index in [0.717, 1.165) is 24.0 Å². The first-order valence-electron chi connectivity index (χ1n) is 5.57. The highest BCUT2D eigenvalue weighted by molar-refractivity contribution is 7.09. The highest BCUT2D eigenvalue weighted by Gasteiger charge is 2.19. The van der Waals surface area contributed by atoms with Gasteiger partial charge in [0.05, 0.1) is 0 Å². The normalized spacial score (nSPS) is 22.9. The summed E-state index contributed by atoms with van der Waals surface area (Å²) in [6.45, 7) is 7.67. The standard InChI is InChI=1S/C10H18N4S/c1-3-14-6-4-5-9(7-14)12-10-11-8(2)13-15-10/h9H,3-7H2,1-2H3,(H,11,12,13). The van der Waals surface area contributed by atoms with Gasteiger partial charge in [0.2, 0.25) is 5.13 Å². The van der Waals surface area contributed by atoms with Crippen LogP contribution in [0.3, 0.4) is 0 Å². The van der Waals surface area contributed by atoms with Crippen LogP contribution in [0, 0.1) is 6.92 Å². The van der Waals surface area contributed by atoms with E-state index in [9.17, 15) is 0 Å². The predicted molar refractivity (Wildman–Crippen MR) is 63.4 cm³/mol. The Balaban J connectivity index is 1.88. The van der Waals surface area contributed by atoms with E-state index in [-0.39, 0.29) is 0 Å². The minimum Gasteiger partial charge on any atom is -0.356 e. The fourth-order valence-corrected chi connectivity index (χ4v) is 2.64. The largest absolute Gasteiger partial charge is 0.356 e. The Morgan fingerprint density at radius 1 is 1.60 bits per heavy atom. The van der Waals surface area contributed by atoms with Gasteiger partial charge in [-0.05, 0) is 32.9 Å². The van der Waals surface area contributed by atoms with E-state index in [0.29, 0.717) is 6.04 Å². The second-order valence-corrected chi connectivity index (χ2v) is 4.78. The number of likely N-dealkylation sites (tertiary alicyclic amines) is 1. The lowest BCUT2D eigenvalue weighted by molar-refractivity contribution is 0.227. The van der Waals surface area contributed by atoms with Crippen molar-refractivity contribution in [2.75, 3.05) is 25.0 Å². The Kier molecular flexibility index (Phi) is 3.53. The minimum absolute atomic E-state index is 0.547. The number of likely N-dealkylation sites (N-methyl/N-ethyl adjacent to an activating group) is 1. The van der Waals surface area contributed by atoms with Gasteiger partial charge < -0.3 is 10.2 Å². The number of aromatic nitrogens is 2. The van der Waals surface area contributed by atoms with E-state index in [2.05, 4.69) is 26.5 Å². The second kappa shape index (κ2) is 4.90. The van der Waals surface area contributed by atoms with Crippen LogP contribution in [-0.4, -0.2) is 39.9 Å². The molecule has 0 aromatic carbocycles. The molecule has 1 aromatic heterocycles. The maximum atomic E-state index is 4.33. The molecule has 1 aromatic rings. The molecule has 2 rings (SSSR count). The summed E-state index contributed by atoms with van der Waals surface area (Å²) < 4.78 is 4.18. The molecule has 0 saturated carbocycles. The zero-order valence-electron chi connectivity index (χ0n) is 9.36. The summed E-state index contributed by atoms with van der Waals surface area (Å²) in [4.78, 5) is 6.81. The van der Waals surface area contributed by atoms with Crippen molar-refractivity contribution < 1.29 is 0 Å². The monoisotopic (exact) mass is 226 g/mol. The van der Waals surface area contributed by atoms with Crippen molar-refractivity contribution in [3.8, 4) is 0 Å². The molecule has 15 heavy (non-hydrogen) atoms. The van der Waals surface area contributed by atoms with Crippen LogP contribution >= 0.6 is 11.5 Å². The predicted octanol–water partition coefficient (Wildman–Crippen LogP) is 1.74. The van der Waals surface area contributed by atoms with Crippen molar-refractivity contribution in [3.05, 3.63) is 5.82 Å². The highest BCUT2D eigenvalue weighted by atomic mass is 32.1. The van der Waals surface area contributed by atoms with Crippen LogP contribution in [-0.2, 0) is 0 Å². The Hall–Kier alpha value is -0.680. The molecule has 1 saturated heterocycles. The molecule has 1 aliphatic heterocycles. The van der Waals surface area contributed by atoms with Gasteiger partial charge in [0.15, 0.2) is 0 Å². The molecule has 1 aliphatic rings. The summed E-state index contributed by atoms with van der Waals surface area (Å²) in [5.74, 6) is 0.866. The number of nitrogens with one attached hydrogen (secondary N) is 1. The Morgan fingerprint density at radius 2 is 2.47 bits per heavy atom. The first-order chi connectivity index (χ1) is 7.28. The number of aryl methyl sites for hydroxylation is 1. The van der Waals surface area contributed by atoms with Crippen molar-refractivity contribution in [3.63, 3.8) is 0 Å². The number of anilines is 1. The smallest absolute Gasteiger partial charge is 0.202 e.